The molecular weight excluding hydrogens is 347 g/mol. The molecule has 0 spiro atoms. The highest BCUT2D eigenvalue weighted by atomic mass is 19.1. The van der Waals surface area contributed by atoms with Crippen molar-refractivity contribution in [1.29, 1.82) is 0 Å². The first-order chi connectivity index (χ1) is 13.1. The van der Waals surface area contributed by atoms with Gasteiger partial charge in [0.1, 0.15) is 5.82 Å². The number of benzene rings is 2. The number of hydrogen-bond acceptors (Lipinski definition) is 3. The summed E-state index contributed by atoms with van der Waals surface area (Å²) in [5.74, 6) is -0.319. The van der Waals surface area contributed by atoms with Gasteiger partial charge in [0, 0.05) is 13.0 Å². The van der Waals surface area contributed by atoms with E-state index < -0.39 is 12.1 Å². The smallest absolute Gasteiger partial charge is 0.315 e. The van der Waals surface area contributed by atoms with E-state index in [0.717, 1.165) is 29.5 Å². The zero-order chi connectivity index (χ0) is 18.8. The normalized spacial score (nSPS) is 25.0. The van der Waals surface area contributed by atoms with Gasteiger partial charge < -0.3 is 20.5 Å². The molecule has 4 rings (SSSR count). The maximum atomic E-state index is 13.3. The Morgan fingerprint density at radius 2 is 1.96 bits per heavy atom. The minimum Gasteiger partial charge on any atom is -0.390 e. The van der Waals surface area contributed by atoms with Gasteiger partial charge in [-0.15, -0.1) is 0 Å². The minimum atomic E-state index is -0.653. The first-order valence-electron chi connectivity index (χ1n) is 9.32. The third kappa shape index (κ3) is 3.82. The van der Waals surface area contributed by atoms with Crippen molar-refractivity contribution in [2.75, 3.05) is 6.61 Å². The maximum absolute atomic E-state index is 13.3. The number of carbonyl (C=O) groups excluding carboxylic acids is 1. The Labute approximate surface area is 157 Å². The number of aliphatic hydroxyl groups excluding tert-OH is 1. The van der Waals surface area contributed by atoms with Crippen LogP contribution in [-0.4, -0.2) is 30.0 Å². The first kappa shape index (κ1) is 17.9. The predicted octanol–water partition coefficient (Wildman–Crippen LogP) is 3.00. The van der Waals surface area contributed by atoms with Crippen LogP contribution in [0.4, 0.5) is 9.18 Å². The van der Waals surface area contributed by atoms with Gasteiger partial charge in [-0.1, -0.05) is 36.4 Å². The quantitative estimate of drug-likeness (QED) is 0.775. The van der Waals surface area contributed by atoms with Gasteiger partial charge in [0.05, 0.1) is 24.3 Å². The second-order valence-corrected chi connectivity index (χ2v) is 7.15. The van der Waals surface area contributed by atoms with E-state index in [9.17, 15) is 14.3 Å². The molecule has 1 aliphatic heterocycles. The highest BCUT2D eigenvalue weighted by Gasteiger charge is 2.34. The number of aliphatic hydroxyl groups is 1. The van der Waals surface area contributed by atoms with Crippen molar-refractivity contribution in [3.05, 3.63) is 71.0 Å². The number of urea groups is 1. The Hall–Kier alpha value is -2.44. The topological polar surface area (TPSA) is 70.6 Å². The van der Waals surface area contributed by atoms with Gasteiger partial charge in [-0.3, -0.25) is 0 Å². The van der Waals surface area contributed by atoms with Crippen LogP contribution in [-0.2, 0) is 11.2 Å². The van der Waals surface area contributed by atoms with Crippen molar-refractivity contribution in [2.24, 2.45) is 0 Å². The SMILES string of the molecule is O=C(NC(c1ccc(F)cc1)C1CCCO1)N[C@@H]1c2ccccc2C[C@@H]1O. The van der Waals surface area contributed by atoms with Crippen LogP contribution in [0.1, 0.15) is 41.6 Å². The van der Waals surface area contributed by atoms with E-state index in [1.165, 1.54) is 12.1 Å². The van der Waals surface area contributed by atoms with Crippen LogP contribution in [0.25, 0.3) is 0 Å². The average molecular weight is 370 g/mol. The zero-order valence-corrected chi connectivity index (χ0v) is 14.9. The molecule has 0 aromatic heterocycles. The number of ether oxygens (including phenoxy) is 1. The molecule has 142 valence electrons. The highest BCUT2D eigenvalue weighted by molar-refractivity contribution is 5.75. The van der Waals surface area contributed by atoms with E-state index >= 15 is 0 Å². The summed E-state index contributed by atoms with van der Waals surface area (Å²) in [7, 11) is 0. The summed E-state index contributed by atoms with van der Waals surface area (Å²) in [6, 6.07) is 12.6. The standard InChI is InChI=1S/C21H23FN2O3/c22-15-9-7-13(8-10-15)19(18-6-3-11-27-18)23-21(26)24-20-16-5-2-1-4-14(16)12-17(20)25/h1-2,4-5,7-10,17-20,25H,3,6,11-12H2,(H2,23,24,26)/t17-,18?,19?,20+/m0/s1. The molecule has 3 N–H and O–H groups in total. The van der Waals surface area contributed by atoms with E-state index in [2.05, 4.69) is 10.6 Å². The number of carbonyl (C=O) groups is 1. The van der Waals surface area contributed by atoms with Crippen LogP contribution in [0.2, 0.25) is 0 Å². The van der Waals surface area contributed by atoms with Crippen molar-refractivity contribution in [3.63, 3.8) is 0 Å². The number of fused-ring (bicyclic) bond motifs is 1. The molecule has 2 aromatic carbocycles. The molecule has 1 aliphatic carbocycles. The molecule has 1 saturated heterocycles. The van der Waals surface area contributed by atoms with Gasteiger partial charge in [-0.25, -0.2) is 9.18 Å². The first-order valence-corrected chi connectivity index (χ1v) is 9.32. The van der Waals surface area contributed by atoms with Crippen molar-refractivity contribution < 1.29 is 19.0 Å². The maximum Gasteiger partial charge on any atom is 0.315 e. The lowest BCUT2D eigenvalue weighted by atomic mass is 9.99. The van der Waals surface area contributed by atoms with Gasteiger partial charge in [0.2, 0.25) is 0 Å². The summed E-state index contributed by atoms with van der Waals surface area (Å²) in [6.07, 6.45) is 1.48. The molecule has 2 amide bonds. The summed E-state index contributed by atoms with van der Waals surface area (Å²) in [6.45, 7) is 0.653. The molecule has 27 heavy (non-hydrogen) atoms. The third-order valence-corrected chi connectivity index (χ3v) is 5.34. The lowest BCUT2D eigenvalue weighted by Crippen LogP contribution is -2.45. The van der Waals surface area contributed by atoms with Crippen molar-refractivity contribution in [1.82, 2.24) is 10.6 Å². The number of halogens is 1. The molecule has 2 unspecified atom stereocenters. The Morgan fingerprint density at radius 3 is 2.70 bits per heavy atom. The van der Waals surface area contributed by atoms with Crippen LogP contribution in [0.3, 0.4) is 0 Å². The van der Waals surface area contributed by atoms with E-state index in [1.54, 1.807) is 12.1 Å². The number of rotatable bonds is 4. The second-order valence-electron chi connectivity index (χ2n) is 7.15. The summed E-state index contributed by atoms with van der Waals surface area (Å²) in [5, 5.41) is 16.2. The Kier molecular flexibility index (Phi) is 5.09. The van der Waals surface area contributed by atoms with Gasteiger partial charge in [0.15, 0.2) is 0 Å². The van der Waals surface area contributed by atoms with Gasteiger partial charge >= 0.3 is 6.03 Å². The summed E-state index contributed by atoms with van der Waals surface area (Å²) >= 11 is 0. The van der Waals surface area contributed by atoms with Crippen LogP contribution >= 0.6 is 0 Å². The summed E-state index contributed by atoms with van der Waals surface area (Å²) < 4.78 is 19.0. The van der Waals surface area contributed by atoms with E-state index in [0.29, 0.717) is 13.0 Å². The van der Waals surface area contributed by atoms with Gasteiger partial charge in [-0.05, 0) is 41.7 Å². The van der Waals surface area contributed by atoms with Crippen molar-refractivity contribution in [2.45, 2.75) is 43.6 Å². The third-order valence-electron chi connectivity index (χ3n) is 5.34. The number of amides is 2. The monoisotopic (exact) mass is 370 g/mol. The van der Waals surface area contributed by atoms with E-state index in [4.69, 9.17) is 4.74 Å². The lowest BCUT2D eigenvalue weighted by Gasteiger charge is -2.26. The van der Waals surface area contributed by atoms with E-state index in [-0.39, 0.29) is 24.0 Å². The fourth-order valence-corrected chi connectivity index (χ4v) is 4.00. The number of hydrogen-bond donors (Lipinski definition) is 3. The van der Waals surface area contributed by atoms with Crippen molar-refractivity contribution >= 4 is 6.03 Å². The molecule has 0 saturated carbocycles. The lowest BCUT2D eigenvalue weighted by molar-refractivity contribution is 0.0797. The zero-order valence-electron chi connectivity index (χ0n) is 14.9. The molecule has 2 aliphatic rings. The molecule has 5 nitrogen and oxygen atoms in total. The van der Waals surface area contributed by atoms with Crippen molar-refractivity contribution in [3.8, 4) is 0 Å². The largest absolute Gasteiger partial charge is 0.390 e. The fraction of sp³-hybridized carbons (Fsp3) is 0.381. The second kappa shape index (κ2) is 7.66. The minimum absolute atomic E-state index is 0.151. The average Bonchev–Trinajstić information content (AvgIpc) is 3.29. The highest BCUT2D eigenvalue weighted by Crippen LogP contribution is 2.32. The molecule has 1 heterocycles. The van der Waals surface area contributed by atoms with Crippen LogP contribution in [0.15, 0.2) is 48.5 Å². The van der Waals surface area contributed by atoms with Gasteiger partial charge in [-0.2, -0.15) is 0 Å². The molecule has 4 atom stereocenters. The molecule has 6 heteroatoms. The van der Waals surface area contributed by atoms with Crippen LogP contribution in [0, 0.1) is 5.82 Å². The Morgan fingerprint density at radius 1 is 1.19 bits per heavy atom. The fourth-order valence-electron chi connectivity index (χ4n) is 4.00. The summed E-state index contributed by atoms with van der Waals surface area (Å²) in [4.78, 5) is 12.7. The predicted molar refractivity (Wildman–Crippen MR) is 98.7 cm³/mol. The molecular formula is C21H23FN2O3. The molecule has 0 bridgehead atoms. The van der Waals surface area contributed by atoms with Crippen LogP contribution < -0.4 is 10.6 Å². The van der Waals surface area contributed by atoms with Crippen LogP contribution in [0.5, 0.6) is 0 Å². The Balaban J connectivity index is 1.49. The number of nitrogens with one attached hydrogen (secondary N) is 2. The molecule has 2 aromatic rings. The summed E-state index contributed by atoms with van der Waals surface area (Å²) in [5.41, 5.74) is 2.78. The molecule has 1 fully saturated rings. The van der Waals surface area contributed by atoms with Gasteiger partial charge in [0.25, 0.3) is 0 Å². The van der Waals surface area contributed by atoms with E-state index in [1.807, 2.05) is 24.3 Å². The molecule has 0 radical (unpaired) electrons. The Bertz CT molecular complexity index is 805.